The molecule has 1 fully saturated rings. The molecule has 3 rings (SSSR count). The Morgan fingerprint density at radius 1 is 1.13 bits per heavy atom. The molecule has 1 aliphatic carbocycles. The Bertz CT molecular complexity index is 1080. The maximum absolute atomic E-state index is 13.2. The molecule has 1 aromatic carbocycles. The van der Waals surface area contributed by atoms with Crippen molar-refractivity contribution in [2.75, 3.05) is 14.1 Å². The second-order valence-corrected chi connectivity index (χ2v) is 10.3. The first-order chi connectivity index (χ1) is 14.3. The van der Waals surface area contributed by atoms with E-state index in [9.17, 15) is 18.0 Å². The lowest BCUT2D eigenvalue weighted by Crippen LogP contribution is -2.38. The normalized spacial score (nSPS) is 16.4. The molecule has 0 saturated heterocycles. The number of nitrogens with one attached hydrogen (secondary N) is 1. The summed E-state index contributed by atoms with van der Waals surface area (Å²) in [7, 11) is -0.789. The molecule has 1 aliphatic rings. The summed E-state index contributed by atoms with van der Waals surface area (Å²) in [5.41, 5.74) is 0.238. The van der Waals surface area contributed by atoms with E-state index in [0.717, 1.165) is 30.0 Å². The third-order valence-electron chi connectivity index (χ3n) is 5.86. The SMILES string of the molecule is CCn1cc(C(=O)NC2CCCCCCC2)c(=O)c2cc(S(=O)(=O)N(C)C)ccc21. The zero-order valence-electron chi connectivity index (χ0n) is 18.0. The molecule has 1 saturated carbocycles. The minimum atomic E-state index is -3.68. The van der Waals surface area contributed by atoms with E-state index < -0.39 is 15.5 Å². The van der Waals surface area contributed by atoms with Crippen LogP contribution in [0.2, 0.25) is 0 Å². The highest BCUT2D eigenvalue weighted by molar-refractivity contribution is 7.89. The van der Waals surface area contributed by atoms with Gasteiger partial charge in [-0.25, -0.2) is 12.7 Å². The minimum Gasteiger partial charge on any atom is -0.349 e. The summed E-state index contributed by atoms with van der Waals surface area (Å²) < 4.78 is 28.0. The van der Waals surface area contributed by atoms with Gasteiger partial charge in [0.25, 0.3) is 5.91 Å². The highest BCUT2D eigenvalue weighted by Gasteiger charge is 2.22. The van der Waals surface area contributed by atoms with Crippen LogP contribution >= 0.6 is 0 Å². The van der Waals surface area contributed by atoms with E-state index in [4.69, 9.17) is 0 Å². The molecular formula is C22H31N3O4S. The molecule has 0 spiro atoms. The van der Waals surface area contributed by atoms with Gasteiger partial charge in [0.15, 0.2) is 0 Å². The van der Waals surface area contributed by atoms with Crippen molar-refractivity contribution in [3.8, 4) is 0 Å². The van der Waals surface area contributed by atoms with Crippen molar-refractivity contribution >= 4 is 26.8 Å². The monoisotopic (exact) mass is 433 g/mol. The van der Waals surface area contributed by atoms with Crippen LogP contribution < -0.4 is 10.7 Å². The lowest BCUT2D eigenvalue weighted by Gasteiger charge is -2.21. The second-order valence-electron chi connectivity index (χ2n) is 8.14. The van der Waals surface area contributed by atoms with E-state index >= 15 is 0 Å². The van der Waals surface area contributed by atoms with Crippen LogP contribution in [0.1, 0.15) is 62.2 Å². The summed E-state index contributed by atoms with van der Waals surface area (Å²) in [5.74, 6) is -0.379. The molecule has 1 N–H and O–H groups in total. The van der Waals surface area contributed by atoms with Crippen LogP contribution in [0.15, 0.2) is 34.1 Å². The van der Waals surface area contributed by atoms with Gasteiger partial charge in [0.2, 0.25) is 15.5 Å². The first-order valence-corrected chi connectivity index (χ1v) is 12.1. The smallest absolute Gasteiger partial charge is 0.256 e. The van der Waals surface area contributed by atoms with Gasteiger partial charge in [-0.15, -0.1) is 0 Å². The van der Waals surface area contributed by atoms with E-state index in [1.54, 1.807) is 12.3 Å². The third kappa shape index (κ3) is 4.59. The summed E-state index contributed by atoms with van der Waals surface area (Å²) in [6, 6.07) is 4.58. The van der Waals surface area contributed by atoms with Gasteiger partial charge in [-0.2, -0.15) is 0 Å². The molecule has 0 bridgehead atoms. The number of benzene rings is 1. The number of hydrogen-bond donors (Lipinski definition) is 1. The Balaban J connectivity index is 2.03. The van der Waals surface area contributed by atoms with Gasteiger partial charge in [0, 0.05) is 38.3 Å². The van der Waals surface area contributed by atoms with E-state index in [-0.39, 0.29) is 27.8 Å². The van der Waals surface area contributed by atoms with Crippen LogP contribution in [0.3, 0.4) is 0 Å². The number of rotatable bonds is 5. The molecular weight excluding hydrogens is 402 g/mol. The van der Waals surface area contributed by atoms with Crippen molar-refractivity contribution in [1.82, 2.24) is 14.2 Å². The molecule has 7 nitrogen and oxygen atoms in total. The van der Waals surface area contributed by atoms with E-state index in [1.165, 1.54) is 45.5 Å². The third-order valence-corrected chi connectivity index (χ3v) is 7.67. The standard InChI is InChI=1S/C22H31N3O4S/c1-4-25-15-19(22(27)23-16-10-8-6-5-7-9-11-16)21(26)18-14-17(12-13-20(18)25)30(28,29)24(2)3/h12-16H,4-11H2,1-3H3,(H,23,27). The van der Waals surface area contributed by atoms with Gasteiger partial charge < -0.3 is 9.88 Å². The van der Waals surface area contributed by atoms with Crippen LogP contribution in [0, 0.1) is 0 Å². The topological polar surface area (TPSA) is 88.5 Å². The number of sulfonamides is 1. The predicted molar refractivity (Wildman–Crippen MR) is 118 cm³/mol. The number of amides is 1. The number of nitrogens with zero attached hydrogens (tertiary/aromatic N) is 2. The molecule has 1 aromatic heterocycles. The van der Waals surface area contributed by atoms with Crippen molar-refractivity contribution in [1.29, 1.82) is 0 Å². The van der Waals surface area contributed by atoms with Gasteiger partial charge in [0.05, 0.1) is 10.4 Å². The summed E-state index contributed by atoms with van der Waals surface area (Å²) in [5, 5.41) is 3.28. The number of fused-ring (bicyclic) bond motifs is 1. The Labute approximate surface area is 178 Å². The second kappa shape index (κ2) is 9.31. The van der Waals surface area contributed by atoms with Gasteiger partial charge in [-0.3, -0.25) is 9.59 Å². The molecule has 0 atom stereocenters. The van der Waals surface area contributed by atoms with Crippen LogP contribution in [0.4, 0.5) is 0 Å². The molecule has 164 valence electrons. The minimum absolute atomic E-state index is 0.0392. The molecule has 0 radical (unpaired) electrons. The zero-order valence-corrected chi connectivity index (χ0v) is 18.8. The largest absolute Gasteiger partial charge is 0.349 e. The summed E-state index contributed by atoms with van der Waals surface area (Å²) in [6.45, 7) is 2.48. The Hall–Kier alpha value is -2.19. The molecule has 1 heterocycles. The Morgan fingerprint density at radius 3 is 2.37 bits per heavy atom. The fourth-order valence-corrected chi connectivity index (χ4v) is 4.96. The highest BCUT2D eigenvalue weighted by Crippen LogP contribution is 2.21. The Kier molecular flexibility index (Phi) is 6.98. The zero-order chi connectivity index (χ0) is 21.9. The van der Waals surface area contributed by atoms with Crippen LogP contribution in [-0.2, 0) is 16.6 Å². The quantitative estimate of drug-likeness (QED) is 0.785. The molecule has 8 heteroatoms. The number of hydrogen-bond acceptors (Lipinski definition) is 4. The highest BCUT2D eigenvalue weighted by atomic mass is 32.2. The molecule has 2 aromatic rings. The van der Waals surface area contributed by atoms with Gasteiger partial charge in [0.1, 0.15) is 5.56 Å². The van der Waals surface area contributed by atoms with Gasteiger partial charge >= 0.3 is 0 Å². The molecule has 30 heavy (non-hydrogen) atoms. The molecule has 0 aliphatic heterocycles. The number of carbonyl (C=O) groups is 1. The summed E-state index contributed by atoms with van der Waals surface area (Å²) in [4.78, 5) is 26.2. The summed E-state index contributed by atoms with van der Waals surface area (Å²) in [6.07, 6.45) is 9.18. The van der Waals surface area contributed by atoms with Crippen molar-refractivity contribution < 1.29 is 13.2 Å². The lowest BCUT2D eigenvalue weighted by molar-refractivity contribution is 0.0929. The van der Waals surface area contributed by atoms with E-state index in [2.05, 4.69) is 5.32 Å². The van der Waals surface area contributed by atoms with Gasteiger partial charge in [-0.1, -0.05) is 32.1 Å². The number of aryl methyl sites for hydroxylation is 1. The fourth-order valence-electron chi connectivity index (χ4n) is 4.03. The first-order valence-electron chi connectivity index (χ1n) is 10.7. The predicted octanol–water partition coefficient (Wildman–Crippen LogP) is 3.11. The van der Waals surface area contributed by atoms with Gasteiger partial charge in [-0.05, 0) is 38.0 Å². The average Bonchev–Trinajstić information content (AvgIpc) is 2.69. The average molecular weight is 434 g/mol. The van der Waals surface area contributed by atoms with Crippen LogP contribution in [-0.4, -0.2) is 43.3 Å². The number of carbonyl (C=O) groups excluding carboxylic acids is 1. The molecule has 0 unspecified atom stereocenters. The van der Waals surface area contributed by atoms with Crippen molar-refractivity contribution in [2.45, 2.75) is 69.4 Å². The number of pyridine rings is 1. The Morgan fingerprint density at radius 2 is 1.77 bits per heavy atom. The first kappa shape index (κ1) is 22.5. The van der Waals surface area contributed by atoms with Crippen molar-refractivity contribution in [3.05, 3.63) is 40.2 Å². The van der Waals surface area contributed by atoms with Crippen molar-refractivity contribution in [3.63, 3.8) is 0 Å². The lowest BCUT2D eigenvalue weighted by atomic mass is 9.96. The molecule has 1 amide bonds. The maximum Gasteiger partial charge on any atom is 0.256 e. The fraction of sp³-hybridized carbons (Fsp3) is 0.545. The maximum atomic E-state index is 13.2. The van der Waals surface area contributed by atoms with Crippen LogP contribution in [0.25, 0.3) is 10.9 Å². The summed E-state index contributed by atoms with van der Waals surface area (Å²) >= 11 is 0. The van der Waals surface area contributed by atoms with Crippen molar-refractivity contribution in [2.24, 2.45) is 0 Å². The van der Waals surface area contributed by atoms with E-state index in [0.29, 0.717) is 12.1 Å². The van der Waals surface area contributed by atoms with E-state index in [1.807, 2.05) is 11.5 Å². The number of aromatic nitrogens is 1. The van der Waals surface area contributed by atoms with Crippen LogP contribution in [0.5, 0.6) is 0 Å².